The Hall–Kier alpha value is -2.10. The number of nitrogens with zero attached hydrogens (tertiary/aromatic N) is 1. The van der Waals surface area contributed by atoms with Crippen LogP contribution < -0.4 is 0 Å². The third-order valence-electron chi connectivity index (χ3n) is 6.93. The van der Waals surface area contributed by atoms with Crippen molar-refractivity contribution in [1.29, 1.82) is 0 Å². The Morgan fingerprint density at radius 1 is 0.941 bits per heavy atom. The molecule has 0 N–H and O–H groups in total. The zero-order valence-electron chi connectivity index (χ0n) is 18.9. The summed E-state index contributed by atoms with van der Waals surface area (Å²) in [6.07, 6.45) is -9.85. The van der Waals surface area contributed by atoms with Gasteiger partial charge in [-0.15, -0.1) is 0 Å². The third-order valence-corrected chi connectivity index (χ3v) is 6.93. The summed E-state index contributed by atoms with van der Waals surface area (Å²) in [5.41, 5.74) is -1.93. The number of ether oxygens (including phenoxy) is 2. The third kappa shape index (κ3) is 5.26. The highest BCUT2D eigenvalue weighted by atomic mass is 19.4. The molecule has 9 heteroatoms. The molecule has 0 bridgehead atoms. The van der Waals surface area contributed by atoms with Gasteiger partial charge in [0.15, 0.2) is 6.29 Å². The van der Waals surface area contributed by atoms with Crippen molar-refractivity contribution < 1.29 is 35.8 Å². The van der Waals surface area contributed by atoms with Gasteiger partial charge in [-0.05, 0) is 68.6 Å². The summed E-state index contributed by atoms with van der Waals surface area (Å²) in [4.78, 5) is 2.26. The van der Waals surface area contributed by atoms with Crippen LogP contribution in [0.5, 0.6) is 0 Å². The van der Waals surface area contributed by atoms with E-state index < -0.39 is 35.9 Å². The highest BCUT2D eigenvalue weighted by molar-refractivity contribution is 5.35. The van der Waals surface area contributed by atoms with Gasteiger partial charge in [-0.25, -0.2) is 0 Å². The lowest BCUT2D eigenvalue weighted by atomic mass is 9.74. The van der Waals surface area contributed by atoms with E-state index in [-0.39, 0.29) is 23.5 Å². The summed E-state index contributed by atoms with van der Waals surface area (Å²) >= 11 is 0. The minimum absolute atomic E-state index is 0.128. The Morgan fingerprint density at radius 3 is 2.06 bits per heavy atom. The van der Waals surface area contributed by atoms with Gasteiger partial charge < -0.3 is 14.4 Å². The van der Waals surface area contributed by atoms with E-state index in [0.717, 1.165) is 37.1 Å². The van der Waals surface area contributed by atoms with Crippen LogP contribution in [0.2, 0.25) is 0 Å². The van der Waals surface area contributed by atoms with E-state index in [9.17, 15) is 26.3 Å². The second-order valence-electron chi connectivity index (χ2n) is 9.08. The summed E-state index contributed by atoms with van der Waals surface area (Å²) < 4.78 is 92.0. The lowest BCUT2D eigenvalue weighted by molar-refractivity contribution is -0.217. The molecule has 0 spiro atoms. The molecule has 2 heterocycles. The lowest BCUT2D eigenvalue weighted by Crippen LogP contribution is -2.54. The molecule has 0 aromatic heterocycles. The maximum Gasteiger partial charge on any atom is 0.416 e. The van der Waals surface area contributed by atoms with Crippen molar-refractivity contribution in [3.8, 4) is 0 Å². The van der Waals surface area contributed by atoms with Crippen molar-refractivity contribution in [3.05, 3.63) is 70.8 Å². The molecule has 3 nitrogen and oxygen atoms in total. The summed E-state index contributed by atoms with van der Waals surface area (Å²) in [6.45, 7) is 2.85. The van der Waals surface area contributed by atoms with Crippen LogP contribution in [0.3, 0.4) is 0 Å². The molecular weight excluding hydrogens is 460 g/mol. The van der Waals surface area contributed by atoms with E-state index in [4.69, 9.17) is 9.47 Å². The highest BCUT2D eigenvalue weighted by Gasteiger charge is 2.45. The summed E-state index contributed by atoms with van der Waals surface area (Å²) in [5, 5.41) is 0. The van der Waals surface area contributed by atoms with Gasteiger partial charge in [0.05, 0.1) is 23.8 Å². The fourth-order valence-corrected chi connectivity index (χ4v) is 5.01. The van der Waals surface area contributed by atoms with Crippen molar-refractivity contribution in [2.45, 2.75) is 56.5 Å². The quantitative estimate of drug-likeness (QED) is 0.441. The second kappa shape index (κ2) is 9.51. The molecule has 2 aliphatic heterocycles. The molecule has 2 saturated heterocycles. The van der Waals surface area contributed by atoms with E-state index in [0.29, 0.717) is 12.6 Å². The van der Waals surface area contributed by atoms with Gasteiger partial charge in [0.1, 0.15) is 0 Å². The smallest absolute Gasteiger partial charge is 0.352 e. The van der Waals surface area contributed by atoms with E-state index in [2.05, 4.69) is 4.90 Å². The first-order chi connectivity index (χ1) is 15.9. The van der Waals surface area contributed by atoms with Crippen LogP contribution in [0.15, 0.2) is 48.5 Å². The first kappa shape index (κ1) is 25.0. The van der Waals surface area contributed by atoms with Crippen molar-refractivity contribution in [2.24, 2.45) is 5.92 Å². The van der Waals surface area contributed by atoms with E-state index >= 15 is 0 Å². The molecule has 2 aromatic rings. The van der Waals surface area contributed by atoms with E-state index in [1.54, 1.807) is 0 Å². The van der Waals surface area contributed by atoms with Gasteiger partial charge in [0.25, 0.3) is 0 Å². The fraction of sp³-hybridized carbons (Fsp3) is 0.520. The van der Waals surface area contributed by atoms with Gasteiger partial charge in [-0.2, -0.15) is 26.3 Å². The average Bonchev–Trinajstić information content (AvgIpc) is 2.77. The average molecular weight is 487 g/mol. The lowest BCUT2D eigenvalue weighted by Gasteiger charge is -2.49. The second-order valence-corrected chi connectivity index (χ2v) is 9.08. The molecule has 1 unspecified atom stereocenters. The number of alkyl halides is 6. The zero-order chi connectivity index (χ0) is 24.7. The normalized spacial score (nSPS) is 27.3. The van der Waals surface area contributed by atoms with Gasteiger partial charge in [-0.1, -0.05) is 30.3 Å². The minimum atomic E-state index is -4.91. The Kier molecular flexibility index (Phi) is 6.99. The van der Waals surface area contributed by atoms with E-state index in [1.165, 1.54) is 6.92 Å². The van der Waals surface area contributed by atoms with Crippen LogP contribution in [0.1, 0.15) is 54.0 Å². The van der Waals surface area contributed by atoms with Crippen LogP contribution in [0.25, 0.3) is 0 Å². The predicted molar refractivity (Wildman–Crippen MR) is 114 cm³/mol. The number of rotatable bonds is 5. The van der Waals surface area contributed by atoms with Gasteiger partial charge >= 0.3 is 12.4 Å². The number of halogens is 6. The molecule has 0 radical (unpaired) electrons. The van der Waals surface area contributed by atoms with Crippen LogP contribution >= 0.6 is 0 Å². The number of likely N-dealkylation sites (tertiary alicyclic amines) is 1. The van der Waals surface area contributed by atoms with Crippen molar-refractivity contribution in [2.75, 3.05) is 20.2 Å². The Morgan fingerprint density at radius 2 is 1.56 bits per heavy atom. The topological polar surface area (TPSA) is 21.7 Å². The van der Waals surface area contributed by atoms with Crippen molar-refractivity contribution >= 4 is 0 Å². The van der Waals surface area contributed by atoms with Crippen LogP contribution in [0.4, 0.5) is 26.3 Å². The number of benzene rings is 2. The molecule has 2 fully saturated rings. The molecule has 2 aliphatic rings. The fourth-order valence-electron chi connectivity index (χ4n) is 5.01. The SMILES string of the molecule is C[C@@H](O[C@H]1OCCC([C@@H]2CCN2C)[C@H]1c1ccccc1)c1cc(C(F)(F)F)cc(C(F)(F)F)c1. The molecule has 0 aliphatic carbocycles. The number of hydrogen-bond acceptors (Lipinski definition) is 3. The standard InChI is InChI=1S/C25H27F6NO2/c1-15(17-12-18(24(26,27)28)14-19(13-17)25(29,30)31)34-23-22(16-6-4-3-5-7-16)20(9-11-33-23)21-8-10-32(21)2/h3-7,12-15,20-23H,8-11H2,1-2H3/t15-,20?,21+,22-,23-/m1/s1. The van der Waals surface area contributed by atoms with E-state index in [1.807, 2.05) is 37.4 Å². The number of hydrogen-bond donors (Lipinski definition) is 0. The maximum atomic E-state index is 13.3. The largest absolute Gasteiger partial charge is 0.416 e. The monoisotopic (exact) mass is 487 g/mol. The summed E-state index contributed by atoms with van der Waals surface area (Å²) in [7, 11) is 2.05. The van der Waals surface area contributed by atoms with Crippen molar-refractivity contribution in [3.63, 3.8) is 0 Å². The summed E-state index contributed by atoms with van der Waals surface area (Å²) in [6, 6.07) is 11.5. The molecule has 2 aromatic carbocycles. The first-order valence-electron chi connectivity index (χ1n) is 11.3. The molecule has 0 saturated carbocycles. The molecular formula is C25H27F6NO2. The molecule has 0 amide bonds. The molecule has 186 valence electrons. The van der Waals surface area contributed by atoms with Gasteiger partial charge in [0, 0.05) is 12.0 Å². The van der Waals surface area contributed by atoms with Crippen LogP contribution in [0, 0.1) is 5.92 Å². The Balaban J connectivity index is 1.65. The zero-order valence-corrected chi connectivity index (χ0v) is 18.9. The first-order valence-corrected chi connectivity index (χ1v) is 11.3. The minimum Gasteiger partial charge on any atom is -0.352 e. The van der Waals surface area contributed by atoms with Crippen molar-refractivity contribution in [1.82, 2.24) is 4.90 Å². The van der Waals surface area contributed by atoms with Crippen LogP contribution in [-0.4, -0.2) is 37.4 Å². The van der Waals surface area contributed by atoms with Gasteiger partial charge in [-0.3, -0.25) is 0 Å². The molecule has 5 atom stereocenters. The molecule has 34 heavy (non-hydrogen) atoms. The summed E-state index contributed by atoms with van der Waals surface area (Å²) in [5.74, 6) is -0.00243. The predicted octanol–water partition coefficient (Wildman–Crippen LogP) is 6.65. The Bertz CT molecular complexity index is 945. The Labute approximate surface area is 194 Å². The highest BCUT2D eigenvalue weighted by Crippen LogP contribution is 2.44. The molecule has 4 rings (SSSR count). The van der Waals surface area contributed by atoms with Gasteiger partial charge in [0.2, 0.25) is 0 Å². The van der Waals surface area contributed by atoms with Crippen LogP contribution in [-0.2, 0) is 21.8 Å². The maximum absolute atomic E-state index is 13.3.